The number of anilines is 2. The van der Waals surface area contributed by atoms with Gasteiger partial charge in [-0.3, -0.25) is 14.2 Å². The van der Waals surface area contributed by atoms with Crippen LogP contribution in [0.15, 0.2) is 60.1 Å². The van der Waals surface area contributed by atoms with Gasteiger partial charge in [-0.25, -0.2) is 42.9 Å². The van der Waals surface area contributed by atoms with E-state index in [1.807, 2.05) is 32.4 Å². The highest BCUT2D eigenvalue weighted by atomic mass is 32.1. The van der Waals surface area contributed by atoms with Crippen LogP contribution in [0.5, 0.6) is 0 Å². The first kappa shape index (κ1) is 42.4. The molecule has 0 radical (unpaired) electrons. The van der Waals surface area contributed by atoms with E-state index in [0.29, 0.717) is 51.5 Å². The molecule has 10 rings (SSSR count). The molecule has 4 N–H and O–H groups in total. The monoisotopic (exact) mass is 896 g/mol. The number of aromatic nitrogens is 16. The Morgan fingerprint density at radius 2 is 1.24 bits per heavy atom. The number of amides is 1. The SMILES string of the molecule is CC(C)n1nnnc1-c1nc(N)cs1.CC(C)n1nnnc1-c1nc(NC(=O)c2cc(-c3cnn(C4CC4)c3)c(F)cn2)cs1.O=C(O)c1cc(-c2cnn(C3CC3)c2)c(F)cn1. The van der Waals surface area contributed by atoms with Crippen LogP contribution < -0.4 is 11.1 Å². The van der Waals surface area contributed by atoms with Crippen molar-refractivity contribution in [3.05, 3.63) is 83.1 Å². The molecule has 0 aromatic carbocycles. The number of tetrazole rings is 2. The van der Waals surface area contributed by atoms with Crippen molar-refractivity contribution in [2.24, 2.45) is 0 Å². The second-order valence-electron chi connectivity index (χ2n) is 14.9. The third kappa shape index (κ3) is 9.78. The molecule has 0 saturated heterocycles. The third-order valence-corrected chi connectivity index (χ3v) is 11.1. The number of thiazole rings is 2. The highest BCUT2D eigenvalue weighted by molar-refractivity contribution is 7.13. The number of rotatable bonds is 11. The Balaban J connectivity index is 0.000000143. The predicted molar refractivity (Wildman–Crippen MR) is 225 cm³/mol. The van der Waals surface area contributed by atoms with Crippen molar-refractivity contribution in [3.8, 4) is 43.9 Å². The lowest BCUT2D eigenvalue weighted by Crippen LogP contribution is -2.14. The number of carbonyl (C=O) groups excluding carboxylic acids is 1. The maximum Gasteiger partial charge on any atom is 0.354 e. The summed E-state index contributed by atoms with van der Waals surface area (Å²) in [5, 5.41) is 47.8. The van der Waals surface area contributed by atoms with Gasteiger partial charge in [0, 0.05) is 45.4 Å². The fourth-order valence-corrected chi connectivity index (χ4v) is 7.37. The van der Waals surface area contributed by atoms with Crippen LogP contribution in [-0.4, -0.2) is 96.9 Å². The second-order valence-corrected chi connectivity index (χ2v) is 16.7. The Bertz CT molecular complexity index is 2890. The molecule has 8 heterocycles. The van der Waals surface area contributed by atoms with Crippen LogP contribution in [0.2, 0.25) is 0 Å². The Morgan fingerprint density at radius 3 is 1.71 bits per heavy atom. The van der Waals surface area contributed by atoms with E-state index < -0.39 is 23.5 Å². The maximum atomic E-state index is 14.4. The zero-order chi connectivity index (χ0) is 44.4. The Hall–Kier alpha value is -7.28. The first-order valence-corrected chi connectivity index (χ1v) is 21.3. The zero-order valence-corrected chi connectivity index (χ0v) is 35.6. The summed E-state index contributed by atoms with van der Waals surface area (Å²) in [5.74, 6) is -0.682. The van der Waals surface area contributed by atoms with Crippen molar-refractivity contribution in [2.75, 3.05) is 11.1 Å². The van der Waals surface area contributed by atoms with E-state index in [-0.39, 0.29) is 34.6 Å². The van der Waals surface area contributed by atoms with Gasteiger partial charge in [-0.2, -0.15) is 10.2 Å². The number of hydrogen-bond donors (Lipinski definition) is 3. The molecule has 0 bridgehead atoms. The molecule has 2 fully saturated rings. The van der Waals surface area contributed by atoms with Crippen molar-refractivity contribution < 1.29 is 23.5 Å². The number of carbonyl (C=O) groups is 2. The number of carboxylic acid groups (broad SMARTS) is 1. The van der Waals surface area contributed by atoms with Crippen LogP contribution in [0.4, 0.5) is 20.4 Å². The Morgan fingerprint density at radius 1 is 0.746 bits per heavy atom. The molecule has 2 saturated carbocycles. The number of nitrogens with one attached hydrogen (secondary N) is 1. The van der Waals surface area contributed by atoms with Gasteiger partial charge >= 0.3 is 5.97 Å². The summed E-state index contributed by atoms with van der Waals surface area (Å²) in [5.41, 5.74) is 7.12. The molecular weight excluding hydrogens is 859 g/mol. The molecule has 21 nitrogen and oxygen atoms in total. The fraction of sp³-hybridized carbons (Fsp3) is 0.316. The largest absolute Gasteiger partial charge is 0.477 e. The van der Waals surface area contributed by atoms with Crippen LogP contribution in [0.1, 0.15) is 98.5 Å². The van der Waals surface area contributed by atoms with E-state index in [4.69, 9.17) is 10.8 Å². The minimum Gasteiger partial charge on any atom is -0.477 e. The number of nitrogen functional groups attached to an aromatic ring is 1. The number of carboxylic acids is 1. The second kappa shape index (κ2) is 18.0. The van der Waals surface area contributed by atoms with Crippen LogP contribution in [0, 0.1) is 11.6 Å². The molecule has 25 heteroatoms. The highest BCUT2D eigenvalue weighted by Gasteiger charge is 2.26. The maximum absolute atomic E-state index is 14.4. The number of pyridine rings is 2. The third-order valence-electron chi connectivity index (χ3n) is 9.44. The number of nitrogens with zero attached hydrogens (tertiary/aromatic N) is 16. The summed E-state index contributed by atoms with van der Waals surface area (Å²) in [6.07, 6.45) is 13.0. The van der Waals surface area contributed by atoms with Crippen molar-refractivity contribution in [2.45, 2.75) is 77.5 Å². The molecule has 0 atom stereocenters. The standard InChI is InChI=1S/C19H18FN9OS.C12H10FN3O2.C7H10N6S/c1-10(2)29-17(25-26-27-29)19-24-16(9-31-19)23-18(30)15-5-13(14(20)7-21-15)11-6-22-28(8-11)12-3-4-12;13-10-5-14-11(12(17)18)3-9(10)7-4-15-16(6-7)8-1-2-8;1-4(2)13-6(10-11-12-13)7-9-5(8)3-14-7/h5-10,12H,3-4H2,1-2H3,(H,23,30);3-6,8H,1-2H2,(H,17,18);3-4H,8H2,1-2H3. The van der Waals surface area contributed by atoms with Crippen molar-refractivity contribution in [1.82, 2.24) is 79.9 Å². The van der Waals surface area contributed by atoms with E-state index in [0.717, 1.165) is 43.1 Å². The minimum atomic E-state index is -1.18. The molecule has 324 valence electrons. The van der Waals surface area contributed by atoms with Gasteiger partial charge in [0.25, 0.3) is 5.91 Å². The van der Waals surface area contributed by atoms with Gasteiger partial charge in [-0.1, -0.05) is 0 Å². The van der Waals surface area contributed by atoms with Gasteiger partial charge in [0.15, 0.2) is 10.0 Å². The Kier molecular flexibility index (Phi) is 12.1. The van der Waals surface area contributed by atoms with Crippen LogP contribution in [0.25, 0.3) is 43.9 Å². The molecule has 63 heavy (non-hydrogen) atoms. The van der Waals surface area contributed by atoms with Crippen LogP contribution >= 0.6 is 22.7 Å². The first-order valence-electron chi connectivity index (χ1n) is 19.5. The van der Waals surface area contributed by atoms with Gasteiger partial charge in [0.05, 0.1) is 49.0 Å². The van der Waals surface area contributed by atoms with Crippen LogP contribution in [-0.2, 0) is 0 Å². The lowest BCUT2D eigenvalue weighted by molar-refractivity contribution is 0.0690. The average molecular weight is 897 g/mol. The van der Waals surface area contributed by atoms with E-state index in [9.17, 15) is 18.4 Å². The average Bonchev–Trinajstić information content (AvgIpc) is 3.75. The molecular formula is C38H38F2N18O3S2. The molecule has 8 aromatic rings. The fourth-order valence-electron chi connectivity index (χ4n) is 5.96. The number of aromatic carboxylic acids is 1. The molecule has 1 amide bonds. The highest BCUT2D eigenvalue weighted by Crippen LogP contribution is 2.37. The van der Waals surface area contributed by atoms with Crippen molar-refractivity contribution in [1.29, 1.82) is 0 Å². The lowest BCUT2D eigenvalue weighted by atomic mass is 10.1. The van der Waals surface area contributed by atoms with E-state index in [1.165, 1.54) is 34.8 Å². The predicted octanol–water partition coefficient (Wildman–Crippen LogP) is 6.44. The number of halogens is 2. The van der Waals surface area contributed by atoms with E-state index in [1.54, 1.807) is 49.6 Å². The number of nitrogens with two attached hydrogens (primary N) is 1. The summed E-state index contributed by atoms with van der Waals surface area (Å²) in [6.45, 7) is 7.94. The quantitative estimate of drug-likeness (QED) is 0.126. The van der Waals surface area contributed by atoms with E-state index >= 15 is 0 Å². The summed E-state index contributed by atoms with van der Waals surface area (Å²) < 4.78 is 35.0. The molecule has 0 spiro atoms. The van der Waals surface area contributed by atoms with E-state index in [2.05, 4.69) is 66.5 Å². The zero-order valence-electron chi connectivity index (χ0n) is 34.0. The Labute approximate surface area is 364 Å². The summed E-state index contributed by atoms with van der Waals surface area (Å²) in [7, 11) is 0. The van der Waals surface area contributed by atoms with Crippen molar-refractivity contribution >= 4 is 46.2 Å². The summed E-state index contributed by atoms with van der Waals surface area (Å²) in [4.78, 5) is 39.5. The van der Waals surface area contributed by atoms with Gasteiger partial charge < -0.3 is 16.2 Å². The minimum absolute atomic E-state index is 0.0676. The molecule has 0 unspecified atom stereocenters. The topological polar surface area (TPSA) is 267 Å². The van der Waals surface area contributed by atoms with Gasteiger partial charge in [-0.05, 0) is 86.4 Å². The van der Waals surface area contributed by atoms with Crippen LogP contribution in [0.3, 0.4) is 0 Å². The van der Waals surface area contributed by atoms with Gasteiger partial charge in [0.2, 0.25) is 11.6 Å². The molecule has 8 aromatic heterocycles. The summed E-state index contributed by atoms with van der Waals surface area (Å²) >= 11 is 2.75. The van der Waals surface area contributed by atoms with Gasteiger partial charge in [0.1, 0.15) is 34.7 Å². The molecule has 0 aliphatic heterocycles. The molecule has 2 aliphatic carbocycles. The summed E-state index contributed by atoms with van der Waals surface area (Å²) in [6, 6.07) is 3.72. The molecule has 2 aliphatic rings. The lowest BCUT2D eigenvalue weighted by Gasteiger charge is -2.05. The van der Waals surface area contributed by atoms with Crippen molar-refractivity contribution in [3.63, 3.8) is 0 Å². The smallest absolute Gasteiger partial charge is 0.354 e. The number of hydrogen-bond acceptors (Lipinski definition) is 17. The first-order chi connectivity index (χ1) is 30.3. The normalized spacial score (nSPS) is 13.4. The van der Waals surface area contributed by atoms with Gasteiger partial charge in [-0.15, -0.1) is 32.9 Å².